The van der Waals surface area contributed by atoms with Gasteiger partial charge >= 0.3 is 11.9 Å². The first-order valence-corrected chi connectivity index (χ1v) is 11.6. The Bertz CT molecular complexity index is 1510. The summed E-state index contributed by atoms with van der Waals surface area (Å²) in [4.78, 5) is 27.5. The minimum atomic E-state index is -0.995. The molecular formula is C28H21ClFN3O5. The van der Waals surface area contributed by atoms with Crippen LogP contribution in [0, 0.1) is 17.1 Å². The molecule has 0 radical (unpaired) electrons. The van der Waals surface area contributed by atoms with E-state index in [1.54, 1.807) is 36.4 Å². The Hall–Kier alpha value is -4.81. The summed E-state index contributed by atoms with van der Waals surface area (Å²) in [6.45, 7) is 0. The normalized spacial score (nSPS) is 15.1. The second-order valence-corrected chi connectivity index (χ2v) is 8.42. The summed E-state index contributed by atoms with van der Waals surface area (Å²) >= 11 is 6.48. The van der Waals surface area contributed by atoms with E-state index in [4.69, 9.17) is 31.5 Å². The minimum Gasteiger partial charge on any atom is -0.466 e. The molecule has 0 spiro atoms. The maximum Gasteiger partial charge on any atom is 0.355 e. The fraction of sp³-hybridized carbons (Fsp3) is 0.107. The van der Waals surface area contributed by atoms with E-state index in [-0.39, 0.29) is 44.9 Å². The van der Waals surface area contributed by atoms with Crippen LogP contribution in [-0.2, 0) is 19.1 Å². The molecule has 192 valence electrons. The highest BCUT2D eigenvalue weighted by Gasteiger charge is 2.43. The number of nitrogens with zero attached hydrogens (tertiary/aromatic N) is 2. The molecule has 0 saturated carbocycles. The summed E-state index contributed by atoms with van der Waals surface area (Å²) in [5.74, 6) is -2.90. The van der Waals surface area contributed by atoms with Crippen LogP contribution in [0.2, 0.25) is 5.02 Å². The van der Waals surface area contributed by atoms with E-state index < -0.39 is 23.7 Å². The van der Waals surface area contributed by atoms with E-state index in [1.807, 2.05) is 0 Å². The first kappa shape index (κ1) is 26.3. The van der Waals surface area contributed by atoms with Gasteiger partial charge in [-0.2, -0.15) is 5.26 Å². The number of nitriles is 1. The Labute approximate surface area is 222 Å². The van der Waals surface area contributed by atoms with Crippen LogP contribution < -0.4 is 15.4 Å². The van der Waals surface area contributed by atoms with Crippen LogP contribution in [-0.4, -0.2) is 26.2 Å². The van der Waals surface area contributed by atoms with Crippen LogP contribution >= 0.6 is 11.6 Å². The van der Waals surface area contributed by atoms with Gasteiger partial charge in [0.15, 0.2) is 0 Å². The SMILES string of the molecule is COC(=O)C1=C(C(=O)OC)N(c2ccc(Oc3cccc(F)c3)c(Cl)c2)C(N)=C(C#N)C1c1ccccc1. The Kier molecular flexibility index (Phi) is 7.65. The smallest absolute Gasteiger partial charge is 0.355 e. The molecule has 3 aromatic carbocycles. The lowest BCUT2D eigenvalue weighted by Crippen LogP contribution is -2.40. The lowest BCUT2D eigenvalue weighted by atomic mass is 9.81. The largest absolute Gasteiger partial charge is 0.466 e. The fourth-order valence-electron chi connectivity index (χ4n) is 4.15. The number of benzene rings is 3. The quantitative estimate of drug-likeness (QED) is 0.432. The number of carbonyl (C=O) groups excluding carboxylic acids is 2. The maximum atomic E-state index is 13.6. The van der Waals surface area contributed by atoms with Crippen molar-refractivity contribution in [3.63, 3.8) is 0 Å². The van der Waals surface area contributed by atoms with Crippen LogP contribution in [0.5, 0.6) is 11.5 Å². The topological polar surface area (TPSA) is 115 Å². The summed E-state index contributed by atoms with van der Waals surface area (Å²) < 4.78 is 29.3. The van der Waals surface area contributed by atoms with Gasteiger partial charge in [-0.3, -0.25) is 4.90 Å². The van der Waals surface area contributed by atoms with Crippen molar-refractivity contribution in [3.05, 3.63) is 112 Å². The van der Waals surface area contributed by atoms with Gasteiger partial charge in [0.2, 0.25) is 0 Å². The van der Waals surface area contributed by atoms with Gasteiger partial charge in [0.1, 0.15) is 28.8 Å². The van der Waals surface area contributed by atoms with Gasteiger partial charge in [0, 0.05) is 11.8 Å². The van der Waals surface area contributed by atoms with Gasteiger partial charge in [-0.1, -0.05) is 48.0 Å². The molecule has 1 atom stereocenters. The number of anilines is 1. The van der Waals surface area contributed by atoms with E-state index in [9.17, 15) is 19.2 Å². The zero-order valence-corrected chi connectivity index (χ0v) is 21.0. The molecule has 10 heteroatoms. The summed E-state index contributed by atoms with van der Waals surface area (Å²) in [6.07, 6.45) is 0. The predicted molar refractivity (Wildman–Crippen MR) is 137 cm³/mol. The molecule has 0 fully saturated rings. The van der Waals surface area contributed by atoms with Crippen LogP contribution in [0.1, 0.15) is 11.5 Å². The van der Waals surface area contributed by atoms with E-state index in [0.29, 0.717) is 5.56 Å². The Morgan fingerprint density at radius 1 is 1.00 bits per heavy atom. The number of halogens is 2. The fourth-order valence-corrected chi connectivity index (χ4v) is 4.36. The summed E-state index contributed by atoms with van der Waals surface area (Å²) in [5, 5.41) is 10.2. The number of hydrogen-bond donors (Lipinski definition) is 1. The molecule has 1 unspecified atom stereocenters. The van der Waals surface area contributed by atoms with Gasteiger partial charge < -0.3 is 19.9 Å². The molecule has 1 aliphatic rings. The lowest BCUT2D eigenvalue weighted by molar-refractivity contribution is -0.139. The third kappa shape index (κ3) is 4.90. The van der Waals surface area contributed by atoms with Crippen LogP contribution in [0.3, 0.4) is 0 Å². The van der Waals surface area contributed by atoms with E-state index >= 15 is 0 Å². The van der Waals surface area contributed by atoms with Crippen molar-refractivity contribution in [2.45, 2.75) is 5.92 Å². The molecule has 0 saturated heterocycles. The zero-order valence-electron chi connectivity index (χ0n) is 20.3. The lowest BCUT2D eigenvalue weighted by Gasteiger charge is -2.36. The molecule has 1 heterocycles. The van der Waals surface area contributed by atoms with Crippen LogP contribution in [0.25, 0.3) is 0 Å². The van der Waals surface area contributed by atoms with Crippen molar-refractivity contribution >= 4 is 29.2 Å². The summed E-state index contributed by atoms with van der Waals surface area (Å²) in [6, 6.07) is 20.7. The van der Waals surface area contributed by atoms with Crippen molar-refractivity contribution in [1.29, 1.82) is 5.26 Å². The van der Waals surface area contributed by atoms with Crippen molar-refractivity contribution in [1.82, 2.24) is 0 Å². The highest BCUT2D eigenvalue weighted by atomic mass is 35.5. The van der Waals surface area contributed by atoms with E-state index in [0.717, 1.165) is 7.11 Å². The molecule has 3 aromatic rings. The third-order valence-electron chi connectivity index (χ3n) is 5.81. The number of rotatable bonds is 6. The predicted octanol–water partition coefficient (Wildman–Crippen LogP) is 5.17. The standard InChI is InChI=1S/C28H21ClFN3O5/c1-36-27(34)24-23(16-7-4-3-5-8-16)20(15-31)26(32)33(25(24)28(35)37-2)18-11-12-22(21(29)14-18)38-19-10-6-9-17(30)13-19/h3-14,23H,32H2,1-2H3. The highest BCUT2D eigenvalue weighted by Crippen LogP contribution is 2.44. The van der Waals surface area contributed by atoms with Gasteiger partial charge in [-0.05, 0) is 35.9 Å². The molecule has 0 aromatic heterocycles. The monoisotopic (exact) mass is 533 g/mol. The Morgan fingerprint density at radius 2 is 1.71 bits per heavy atom. The summed E-state index contributed by atoms with van der Waals surface area (Å²) in [7, 11) is 2.32. The molecule has 0 amide bonds. The van der Waals surface area contributed by atoms with Crippen molar-refractivity contribution in [2.24, 2.45) is 5.73 Å². The van der Waals surface area contributed by atoms with Crippen molar-refractivity contribution < 1.29 is 28.2 Å². The van der Waals surface area contributed by atoms with Gasteiger partial charge in [0.25, 0.3) is 0 Å². The number of hydrogen-bond acceptors (Lipinski definition) is 8. The molecule has 8 nitrogen and oxygen atoms in total. The first-order chi connectivity index (χ1) is 18.3. The molecule has 4 rings (SSSR count). The van der Waals surface area contributed by atoms with Gasteiger partial charge in [-0.25, -0.2) is 14.0 Å². The van der Waals surface area contributed by atoms with E-state index in [2.05, 4.69) is 6.07 Å². The average molecular weight is 534 g/mol. The molecule has 2 N–H and O–H groups in total. The van der Waals surface area contributed by atoms with Crippen molar-refractivity contribution in [3.8, 4) is 17.6 Å². The third-order valence-corrected chi connectivity index (χ3v) is 6.10. The summed E-state index contributed by atoms with van der Waals surface area (Å²) in [5.41, 5.74) is 6.91. The Morgan fingerprint density at radius 3 is 2.32 bits per heavy atom. The zero-order chi connectivity index (χ0) is 27.4. The first-order valence-electron chi connectivity index (χ1n) is 11.2. The van der Waals surface area contributed by atoms with Crippen LogP contribution in [0.15, 0.2) is 95.5 Å². The number of methoxy groups -OCH3 is 2. The number of nitrogens with two attached hydrogens (primary N) is 1. The molecule has 38 heavy (non-hydrogen) atoms. The molecule has 0 bridgehead atoms. The number of ether oxygens (including phenoxy) is 3. The van der Waals surface area contributed by atoms with Gasteiger partial charge in [0.05, 0.1) is 42.4 Å². The molecule has 1 aliphatic heterocycles. The van der Waals surface area contributed by atoms with E-state index in [1.165, 1.54) is 48.4 Å². The van der Waals surface area contributed by atoms with Gasteiger partial charge in [-0.15, -0.1) is 0 Å². The number of esters is 2. The molecule has 0 aliphatic carbocycles. The molecular weight excluding hydrogens is 513 g/mol. The highest BCUT2D eigenvalue weighted by molar-refractivity contribution is 6.32. The average Bonchev–Trinajstić information content (AvgIpc) is 2.93. The second kappa shape index (κ2) is 11.1. The Balaban J connectivity index is 1.91. The second-order valence-electron chi connectivity index (χ2n) is 8.01. The van der Waals surface area contributed by atoms with Crippen LogP contribution in [0.4, 0.5) is 10.1 Å². The minimum absolute atomic E-state index is 0.0143. The van der Waals surface area contributed by atoms with Crippen molar-refractivity contribution in [2.75, 3.05) is 19.1 Å². The maximum absolute atomic E-state index is 13.6. The number of carbonyl (C=O) groups is 2. The number of allylic oxidation sites excluding steroid dienone is 1.